The van der Waals surface area contributed by atoms with Gasteiger partial charge in [-0.3, -0.25) is 15.0 Å². The lowest BCUT2D eigenvalue weighted by Gasteiger charge is -2.35. The second-order valence-corrected chi connectivity index (χ2v) is 6.48. The van der Waals surface area contributed by atoms with E-state index in [0.29, 0.717) is 11.0 Å². The van der Waals surface area contributed by atoms with Crippen LogP contribution in [0.3, 0.4) is 0 Å². The van der Waals surface area contributed by atoms with Gasteiger partial charge in [0.25, 0.3) is 5.69 Å². The van der Waals surface area contributed by atoms with Crippen LogP contribution in [0.15, 0.2) is 35.1 Å². The molecule has 8 heteroatoms. The average Bonchev–Trinajstić information content (AvgIpc) is 2.95. The van der Waals surface area contributed by atoms with Crippen molar-refractivity contribution in [1.82, 2.24) is 19.8 Å². The number of halogens is 1. The minimum Gasteiger partial charge on any atom is -0.337 e. The Labute approximate surface area is 142 Å². The molecule has 1 aromatic heterocycles. The first-order valence-electron chi connectivity index (χ1n) is 7.41. The second-order valence-electron chi connectivity index (χ2n) is 5.63. The van der Waals surface area contributed by atoms with Crippen molar-refractivity contribution in [2.24, 2.45) is 7.05 Å². The van der Waals surface area contributed by atoms with Crippen LogP contribution in [-0.2, 0) is 13.6 Å². The number of nitro groups is 1. The van der Waals surface area contributed by atoms with E-state index in [2.05, 4.69) is 31.1 Å². The van der Waals surface area contributed by atoms with Gasteiger partial charge in [0.2, 0.25) is 0 Å². The van der Waals surface area contributed by atoms with Gasteiger partial charge >= 0.3 is 0 Å². The Balaban J connectivity index is 1.84. The van der Waals surface area contributed by atoms with Crippen LogP contribution < -0.4 is 5.32 Å². The fourth-order valence-electron chi connectivity index (χ4n) is 2.92. The lowest BCUT2D eigenvalue weighted by molar-refractivity contribution is -0.385. The highest BCUT2D eigenvalue weighted by atomic mass is 79.9. The van der Waals surface area contributed by atoms with Crippen molar-refractivity contribution in [2.45, 2.75) is 12.6 Å². The summed E-state index contributed by atoms with van der Waals surface area (Å²) in [6.45, 7) is 3.26. The zero-order valence-electron chi connectivity index (χ0n) is 12.8. The van der Waals surface area contributed by atoms with E-state index in [0.717, 1.165) is 31.0 Å². The molecule has 0 amide bonds. The molecule has 1 atom stereocenters. The molecule has 23 heavy (non-hydrogen) atoms. The maximum absolute atomic E-state index is 11.1. The van der Waals surface area contributed by atoms with Crippen LogP contribution >= 0.6 is 15.9 Å². The van der Waals surface area contributed by atoms with Crippen LogP contribution in [0.25, 0.3) is 0 Å². The van der Waals surface area contributed by atoms with E-state index < -0.39 is 0 Å². The summed E-state index contributed by atoms with van der Waals surface area (Å²) in [6.07, 6.45) is 3.74. The van der Waals surface area contributed by atoms with E-state index in [4.69, 9.17) is 0 Å². The van der Waals surface area contributed by atoms with E-state index in [1.165, 1.54) is 0 Å². The van der Waals surface area contributed by atoms with E-state index in [1.807, 2.05) is 23.9 Å². The molecule has 1 saturated heterocycles. The van der Waals surface area contributed by atoms with Crippen molar-refractivity contribution in [2.75, 3.05) is 19.6 Å². The van der Waals surface area contributed by atoms with Gasteiger partial charge in [0.05, 0.1) is 15.4 Å². The van der Waals surface area contributed by atoms with Gasteiger partial charge in [-0.2, -0.15) is 0 Å². The number of nitro benzene ring substituents is 1. The molecular formula is C15H18BrN5O2. The van der Waals surface area contributed by atoms with Crippen molar-refractivity contribution in [1.29, 1.82) is 0 Å². The molecule has 3 rings (SSSR count). The summed E-state index contributed by atoms with van der Waals surface area (Å²) in [6, 6.07) is 5.47. The van der Waals surface area contributed by atoms with Gasteiger partial charge in [-0.1, -0.05) is 6.07 Å². The van der Waals surface area contributed by atoms with Crippen LogP contribution in [-0.4, -0.2) is 39.0 Å². The molecule has 1 aromatic carbocycles. The number of nitrogens with one attached hydrogen (secondary N) is 1. The summed E-state index contributed by atoms with van der Waals surface area (Å²) in [5.41, 5.74) is 1.03. The lowest BCUT2D eigenvalue weighted by atomic mass is 10.1. The van der Waals surface area contributed by atoms with Crippen molar-refractivity contribution in [3.63, 3.8) is 0 Å². The van der Waals surface area contributed by atoms with Crippen molar-refractivity contribution in [3.8, 4) is 0 Å². The first-order chi connectivity index (χ1) is 11.1. The number of hydrogen-bond acceptors (Lipinski definition) is 5. The molecule has 0 spiro atoms. The van der Waals surface area contributed by atoms with Gasteiger partial charge in [0.15, 0.2) is 0 Å². The third-order valence-corrected chi connectivity index (χ3v) is 4.77. The predicted molar refractivity (Wildman–Crippen MR) is 90.0 cm³/mol. The van der Waals surface area contributed by atoms with Crippen LogP contribution in [0.2, 0.25) is 0 Å². The molecule has 0 radical (unpaired) electrons. The second kappa shape index (κ2) is 6.77. The monoisotopic (exact) mass is 379 g/mol. The van der Waals surface area contributed by atoms with Crippen molar-refractivity contribution < 1.29 is 4.92 Å². The SMILES string of the molecule is Cn1ccnc1C1CNCCN1Cc1ccc(Br)c([N+](=O)[O-])c1. The zero-order valence-corrected chi connectivity index (χ0v) is 14.4. The van der Waals surface area contributed by atoms with E-state index in [9.17, 15) is 10.1 Å². The Kier molecular flexibility index (Phi) is 4.74. The standard InChI is InChI=1S/C15H18BrN5O2/c1-19-6-5-18-15(19)14-9-17-4-7-20(14)10-11-2-3-12(16)13(8-11)21(22)23/h2-3,5-6,8,14,17H,4,7,9-10H2,1H3. The van der Waals surface area contributed by atoms with Crippen LogP contribution in [0.4, 0.5) is 5.69 Å². The fraction of sp³-hybridized carbons (Fsp3) is 0.400. The van der Waals surface area contributed by atoms with Gasteiger partial charge in [-0.25, -0.2) is 4.98 Å². The molecule has 2 aromatic rings. The normalized spacial score (nSPS) is 19.0. The number of rotatable bonds is 4. The van der Waals surface area contributed by atoms with Gasteiger partial charge in [-0.15, -0.1) is 0 Å². The summed E-state index contributed by atoms with van der Waals surface area (Å²) in [4.78, 5) is 17.5. The zero-order chi connectivity index (χ0) is 16.4. The van der Waals surface area contributed by atoms with Crippen molar-refractivity contribution in [3.05, 3.63) is 56.6 Å². The molecule has 0 bridgehead atoms. The first-order valence-corrected chi connectivity index (χ1v) is 8.20. The Morgan fingerprint density at radius 1 is 1.52 bits per heavy atom. The number of imidazole rings is 1. The molecule has 122 valence electrons. The smallest absolute Gasteiger partial charge is 0.283 e. The third kappa shape index (κ3) is 3.44. The lowest BCUT2D eigenvalue weighted by Crippen LogP contribution is -2.46. The summed E-state index contributed by atoms with van der Waals surface area (Å²) in [5.74, 6) is 1.00. The molecule has 1 aliphatic heterocycles. The molecule has 1 unspecified atom stereocenters. The minimum absolute atomic E-state index is 0.103. The highest BCUT2D eigenvalue weighted by Gasteiger charge is 2.27. The van der Waals surface area contributed by atoms with E-state index in [-0.39, 0.29) is 16.7 Å². The minimum atomic E-state index is -0.360. The number of aromatic nitrogens is 2. The highest BCUT2D eigenvalue weighted by Crippen LogP contribution is 2.28. The predicted octanol–water partition coefficient (Wildman–Crippen LogP) is 2.24. The molecule has 1 fully saturated rings. The van der Waals surface area contributed by atoms with Crippen LogP contribution in [0, 0.1) is 10.1 Å². The Hall–Kier alpha value is -1.77. The molecule has 0 aliphatic carbocycles. The quantitative estimate of drug-likeness (QED) is 0.651. The highest BCUT2D eigenvalue weighted by molar-refractivity contribution is 9.10. The molecule has 1 N–H and O–H groups in total. The molecule has 2 heterocycles. The number of benzene rings is 1. The van der Waals surface area contributed by atoms with Gasteiger partial charge < -0.3 is 9.88 Å². The van der Waals surface area contributed by atoms with Crippen molar-refractivity contribution >= 4 is 21.6 Å². The largest absolute Gasteiger partial charge is 0.337 e. The maximum Gasteiger partial charge on any atom is 0.283 e. The number of aryl methyl sites for hydroxylation is 1. The summed E-state index contributed by atoms with van der Waals surface area (Å²) < 4.78 is 2.53. The average molecular weight is 380 g/mol. The number of nitrogens with zero attached hydrogens (tertiary/aromatic N) is 4. The summed E-state index contributed by atoms with van der Waals surface area (Å²) in [5, 5.41) is 14.5. The molecule has 7 nitrogen and oxygen atoms in total. The molecular weight excluding hydrogens is 362 g/mol. The Bertz CT molecular complexity index is 718. The summed E-state index contributed by atoms with van der Waals surface area (Å²) >= 11 is 3.23. The Morgan fingerprint density at radius 2 is 2.35 bits per heavy atom. The molecule has 0 saturated carbocycles. The van der Waals surface area contributed by atoms with Gasteiger partial charge in [0, 0.05) is 51.7 Å². The summed E-state index contributed by atoms with van der Waals surface area (Å²) in [7, 11) is 1.99. The number of hydrogen-bond donors (Lipinski definition) is 1. The van der Waals surface area contributed by atoms with E-state index in [1.54, 1.807) is 18.3 Å². The van der Waals surface area contributed by atoms with Gasteiger partial charge in [-0.05, 0) is 27.6 Å². The third-order valence-electron chi connectivity index (χ3n) is 4.10. The topological polar surface area (TPSA) is 76.2 Å². The fourth-order valence-corrected chi connectivity index (χ4v) is 3.31. The van der Waals surface area contributed by atoms with Gasteiger partial charge in [0.1, 0.15) is 5.82 Å². The number of piperazine rings is 1. The Morgan fingerprint density at radius 3 is 3.04 bits per heavy atom. The molecule has 1 aliphatic rings. The maximum atomic E-state index is 11.1. The van der Waals surface area contributed by atoms with Crippen LogP contribution in [0.5, 0.6) is 0 Å². The van der Waals surface area contributed by atoms with Crippen LogP contribution in [0.1, 0.15) is 17.4 Å². The van der Waals surface area contributed by atoms with E-state index >= 15 is 0 Å². The first kappa shape index (κ1) is 16.1.